The highest BCUT2D eigenvalue weighted by Crippen LogP contribution is 2.31. The number of hydrogen-bond donors (Lipinski definition) is 1. The molecule has 3 aromatic heterocycles. The van der Waals surface area contributed by atoms with Crippen LogP contribution in [0.15, 0.2) is 45.8 Å². The fourth-order valence-electron chi connectivity index (χ4n) is 4.47. The Morgan fingerprint density at radius 2 is 1.91 bits per heavy atom. The van der Waals surface area contributed by atoms with Crippen molar-refractivity contribution in [1.29, 1.82) is 0 Å². The van der Waals surface area contributed by atoms with Crippen molar-refractivity contribution in [2.45, 2.75) is 85.5 Å². The second kappa shape index (κ2) is 10.2. The van der Waals surface area contributed by atoms with E-state index in [0.717, 1.165) is 47.3 Å². The Hall–Kier alpha value is -3.26. The maximum Gasteiger partial charge on any atom is 0.252 e. The van der Waals surface area contributed by atoms with Crippen molar-refractivity contribution >= 4 is 10.9 Å². The highest BCUT2D eigenvalue weighted by molar-refractivity contribution is 5.80. The predicted octanol–water partition coefficient (Wildman–Crippen LogP) is 5.41. The molecule has 0 bridgehead atoms. The molecule has 35 heavy (non-hydrogen) atoms. The number of hydrogen-bond acceptors (Lipinski definition) is 6. The van der Waals surface area contributed by atoms with Gasteiger partial charge >= 0.3 is 0 Å². The van der Waals surface area contributed by atoms with Crippen LogP contribution in [0.5, 0.6) is 0 Å². The first-order valence-corrected chi connectivity index (χ1v) is 12.4. The van der Waals surface area contributed by atoms with E-state index in [-0.39, 0.29) is 17.1 Å². The minimum Gasteiger partial charge on any atom is -0.468 e. The number of nitrogens with zero attached hydrogens (tertiary/aromatic N) is 5. The minimum atomic E-state index is -0.225. The average Bonchev–Trinajstić information content (AvgIpc) is 3.51. The van der Waals surface area contributed by atoms with Crippen molar-refractivity contribution in [3.63, 3.8) is 0 Å². The van der Waals surface area contributed by atoms with Crippen molar-refractivity contribution in [3.05, 3.63) is 75.2 Å². The van der Waals surface area contributed by atoms with Crippen molar-refractivity contribution in [3.8, 4) is 0 Å². The van der Waals surface area contributed by atoms with E-state index < -0.39 is 0 Å². The van der Waals surface area contributed by atoms with Gasteiger partial charge in [0.05, 0.1) is 24.4 Å². The normalized spacial score (nSPS) is 13.1. The van der Waals surface area contributed by atoms with Crippen LogP contribution in [0.1, 0.15) is 81.3 Å². The number of fused-ring (bicyclic) bond motifs is 1. The van der Waals surface area contributed by atoms with Gasteiger partial charge < -0.3 is 9.40 Å². The largest absolute Gasteiger partial charge is 0.468 e. The molecule has 1 aromatic carbocycles. The fraction of sp³-hybridized carbons (Fsp3) is 0.481. The van der Waals surface area contributed by atoms with Crippen molar-refractivity contribution in [2.24, 2.45) is 0 Å². The molecule has 0 radical (unpaired) electrons. The zero-order chi connectivity index (χ0) is 25.2. The van der Waals surface area contributed by atoms with Gasteiger partial charge in [-0.2, -0.15) is 0 Å². The van der Waals surface area contributed by atoms with Crippen LogP contribution >= 0.6 is 0 Å². The number of pyridine rings is 1. The number of furan rings is 1. The molecule has 4 aromatic rings. The van der Waals surface area contributed by atoms with Crippen molar-refractivity contribution < 1.29 is 4.42 Å². The van der Waals surface area contributed by atoms with Gasteiger partial charge in [-0.05, 0) is 97.8 Å². The molecule has 8 heteroatoms. The molecule has 4 rings (SSSR count). The van der Waals surface area contributed by atoms with Gasteiger partial charge in [-0.3, -0.25) is 9.69 Å². The van der Waals surface area contributed by atoms with Crippen LogP contribution in [0, 0.1) is 13.8 Å². The van der Waals surface area contributed by atoms with Gasteiger partial charge in [0.2, 0.25) is 0 Å². The summed E-state index contributed by atoms with van der Waals surface area (Å²) in [6.07, 6.45) is 4.38. The van der Waals surface area contributed by atoms with E-state index in [1.165, 1.54) is 5.56 Å². The van der Waals surface area contributed by atoms with E-state index in [9.17, 15) is 4.79 Å². The summed E-state index contributed by atoms with van der Waals surface area (Å²) in [4.78, 5) is 18.5. The molecule has 0 saturated heterocycles. The third-order valence-electron chi connectivity index (χ3n) is 7.08. The average molecular weight is 477 g/mol. The molecule has 0 aliphatic carbocycles. The number of nitrogens with one attached hydrogen (secondary N) is 1. The van der Waals surface area contributed by atoms with Crippen LogP contribution < -0.4 is 5.56 Å². The summed E-state index contributed by atoms with van der Waals surface area (Å²) in [6.45, 7) is 13.7. The van der Waals surface area contributed by atoms with Crippen LogP contribution in [0.3, 0.4) is 0 Å². The number of benzene rings is 1. The van der Waals surface area contributed by atoms with E-state index in [0.29, 0.717) is 18.7 Å². The van der Waals surface area contributed by atoms with Crippen LogP contribution in [0.25, 0.3) is 10.9 Å². The van der Waals surface area contributed by atoms with E-state index >= 15 is 0 Å². The van der Waals surface area contributed by atoms with E-state index in [1.807, 2.05) is 28.9 Å². The predicted molar refractivity (Wildman–Crippen MR) is 137 cm³/mol. The molecule has 1 N–H and O–H groups in total. The maximum absolute atomic E-state index is 13.2. The third-order valence-corrected chi connectivity index (χ3v) is 7.08. The lowest BCUT2D eigenvalue weighted by Crippen LogP contribution is -2.36. The van der Waals surface area contributed by atoms with Crippen molar-refractivity contribution in [2.75, 3.05) is 0 Å². The van der Waals surface area contributed by atoms with E-state index in [2.05, 4.69) is 73.0 Å². The summed E-state index contributed by atoms with van der Waals surface area (Å²) < 4.78 is 7.65. The Morgan fingerprint density at radius 1 is 1.14 bits per heavy atom. The number of H-pyrrole nitrogens is 1. The Bertz CT molecular complexity index is 1340. The Morgan fingerprint density at radius 3 is 2.60 bits per heavy atom. The number of aryl methyl sites for hydroxylation is 2. The fourth-order valence-corrected chi connectivity index (χ4v) is 4.47. The quantitative estimate of drug-likeness (QED) is 0.329. The SMILES string of the molecule is CCC[C@@H](c1nnnn1C(C)(C)CC)N(Cc1ccco1)Cc1cc2cc(C)c(C)cc2[nH]c1=O. The Kier molecular flexibility index (Phi) is 7.21. The first-order chi connectivity index (χ1) is 16.7. The molecule has 186 valence electrons. The third kappa shape index (κ3) is 5.22. The minimum absolute atomic E-state index is 0.0751. The summed E-state index contributed by atoms with van der Waals surface area (Å²) in [6, 6.07) is 9.96. The summed E-state index contributed by atoms with van der Waals surface area (Å²) >= 11 is 0. The molecule has 0 spiro atoms. The lowest BCUT2D eigenvalue weighted by atomic mass is 10.0. The number of aromatic nitrogens is 5. The first kappa shape index (κ1) is 24.9. The Balaban J connectivity index is 1.78. The van der Waals surface area contributed by atoms with E-state index in [4.69, 9.17) is 4.42 Å². The van der Waals surface area contributed by atoms with Gasteiger partial charge in [-0.1, -0.05) is 20.3 Å². The molecule has 1 atom stereocenters. The Labute approximate surface area is 206 Å². The summed E-state index contributed by atoms with van der Waals surface area (Å²) in [5.41, 5.74) is 3.63. The van der Waals surface area contributed by atoms with Gasteiger partial charge in [0, 0.05) is 17.6 Å². The number of tetrazole rings is 1. The molecule has 0 aliphatic rings. The molecule has 0 saturated carbocycles. The first-order valence-electron chi connectivity index (χ1n) is 12.4. The van der Waals surface area contributed by atoms with Crippen LogP contribution in [-0.4, -0.2) is 30.1 Å². The highest BCUT2D eigenvalue weighted by Gasteiger charge is 2.32. The van der Waals surface area contributed by atoms with Crippen LogP contribution in [0.2, 0.25) is 0 Å². The molecule has 0 amide bonds. The molecule has 0 aliphatic heterocycles. The number of rotatable bonds is 10. The second-order valence-electron chi connectivity index (χ2n) is 10.1. The molecule has 0 unspecified atom stereocenters. The maximum atomic E-state index is 13.2. The second-order valence-corrected chi connectivity index (χ2v) is 10.1. The lowest BCUT2D eigenvalue weighted by Gasteiger charge is -2.33. The van der Waals surface area contributed by atoms with Gasteiger partial charge in [0.25, 0.3) is 5.56 Å². The number of aromatic amines is 1. The smallest absolute Gasteiger partial charge is 0.252 e. The molecule has 3 heterocycles. The monoisotopic (exact) mass is 476 g/mol. The summed E-state index contributed by atoms with van der Waals surface area (Å²) in [5.74, 6) is 1.65. The highest BCUT2D eigenvalue weighted by atomic mass is 16.3. The van der Waals surface area contributed by atoms with E-state index in [1.54, 1.807) is 6.26 Å². The molecular weight excluding hydrogens is 440 g/mol. The lowest BCUT2D eigenvalue weighted by molar-refractivity contribution is 0.135. The van der Waals surface area contributed by atoms with Gasteiger partial charge in [-0.25, -0.2) is 4.68 Å². The standard InChI is InChI=1S/C27H36N6O2/c1-7-10-24(25-29-30-31-33(25)27(5,6)8-2)32(17-22-11-9-12-35-22)16-21-15-20-13-18(3)19(4)14-23(20)28-26(21)34/h9,11-15,24H,7-8,10,16-17H2,1-6H3,(H,28,34)/t24-/m0/s1. The molecular formula is C27H36N6O2. The summed E-state index contributed by atoms with van der Waals surface area (Å²) in [7, 11) is 0. The molecule has 8 nitrogen and oxygen atoms in total. The zero-order valence-corrected chi connectivity index (χ0v) is 21.6. The van der Waals surface area contributed by atoms with Crippen molar-refractivity contribution in [1.82, 2.24) is 30.1 Å². The van der Waals surface area contributed by atoms with Gasteiger partial charge in [0.15, 0.2) is 5.82 Å². The van der Waals surface area contributed by atoms with Crippen LogP contribution in [0.4, 0.5) is 0 Å². The van der Waals surface area contributed by atoms with Gasteiger partial charge in [0.1, 0.15) is 5.76 Å². The zero-order valence-electron chi connectivity index (χ0n) is 21.6. The van der Waals surface area contributed by atoms with Crippen LogP contribution in [-0.2, 0) is 18.6 Å². The topological polar surface area (TPSA) is 92.8 Å². The molecule has 0 fully saturated rings. The summed E-state index contributed by atoms with van der Waals surface area (Å²) in [5, 5.41) is 13.9. The van der Waals surface area contributed by atoms with Gasteiger partial charge in [-0.15, -0.1) is 5.10 Å².